The number of nitrogens with zero attached hydrogens (tertiary/aromatic N) is 2. The first-order chi connectivity index (χ1) is 13.0. The Balaban J connectivity index is 1.65. The number of aromatic nitrogens is 1. The Morgan fingerprint density at radius 2 is 1.59 bits per heavy atom. The highest BCUT2D eigenvalue weighted by Gasteiger charge is 2.13. The third-order valence-electron chi connectivity index (χ3n) is 4.53. The van der Waals surface area contributed by atoms with Gasteiger partial charge in [-0.15, -0.1) is 0 Å². The summed E-state index contributed by atoms with van der Waals surface area (Å²) in [5, 5.41) is 5.66. The van der Waals surface area contributed by atoms with Gasteiger partial charge in [0.15, 0.2) is 0 Å². The molecule has 1 aromatic carbocycles. The number of hydrogen-bond acceptors (Lipinski definition) is 4. The van der Waals surface area contributed by atoms with Crippen LogP contribution in [-0.4, -0.2) is 35.9 Å². The lowest BCUT2D eigenvalue weighted by Crippen LogP contribution is -2.30. The molecule has 2 aromatic rings. The van der Waals surface area contributed by atoms with Crippen molar-refractivity contribution in [2.75, 3.05) is 23.3 Å². The zero-order chi connectivity index (χ0) is 19.2. The summed E-state index contributed by atoms with van der Waals surface area (Å²) in [5.74, 6) is -0.523. The summed E-state index contributed by atoms with van der Waals surface area (Å²) in [6.07, 6.45) is 6.68. The molecule has 3 rings (SSSR count). The maximum absolute atomic E-state index is 12.5. The first-order valence-electron chi connectivity index (χ1n) is 9.45. The fraction of sp³-hybridized carbons (Fsp3) is 0.381. The second kappa shape index (κ2) is 8.66. The van der Waals surface area contributed by atoms with E-state index < -0.39 is 0 Å². The molecule has 0 aliphatic carbocycles. The maximum Gasteiger partial charge on any atom is 0.257 e. The van der Waals surface area contributed by atoms with Gasteiger partial charge in [-0.3, -0.25) is 14.6 Å². The fourth-order valence-electron chi connectivity index (χ4n) is 3.14. The third-order valence-corrected chi connectivity index (χ3v) is 4.53. The number of carbonyl (C=O) groups excluding carboxylic acids is 2. The van der Waals surface area contributed by atoms with Crippen LogP contribution in [0.25, 0.3) is 0 Å². The van der Waals surface area contributed by atoms with Crippen molar-refractivity contribution in [3.8, 4) is 0 Å². The van der Waals surface area contributed by atoms with E-state index in [0.29, 0.717) is 11.1 Å². The number of benzene rings is 1. The molecule has 142 valence electrons. The zero-order valence-electron chi connectivity index (χ0n) is 15.9. The third kappa shape index (κ3) is 5.06. The highest BCUT2D eigenvalue weighted by atomic mass is 16.2. The molecule has 2 N–H and O–H groups in total. The van der Waals surface area contributed by atoms with E-state index >= 15 is 0 Å². The Kier molecular flexibility index (Phi) is 6.06. The van der Waals surface area contributed by atoms with Crippen LogP contribution in [0.2, 0.25) is 0 Å². The van der Waals surface area contributed by atoms with Crippen LogP contribution in [0.1, 0.15) is 53.8 Å². The van der Waals surface area contributed by atoms with Crippen LogP contribution in [0, 0.1) is 0 Å². The summed E-state index contributed by atoms with van der Waals surface area (Å²) in [6, 6.07) is 9.46. The normalized spacial score (nSPS) is 14.1. The van der Waals surface area contributed by atoms with Gasteiger partial charge in [0.2, 0.25) is 0 Å². The SMILES string of the molecule is CC(C)NC(=O)c1cncc(C(=O)Nc2ccc(N3CCCCC3)cc2)c1. The van der Waals surface area contributed by atoms with Crippen molar-refractivity contribution >= 4 is 23.2 Å². The van der Waals surface area contributed by atoms with E-state index in [1.54, 1.807) is 6.07 Å². The van der Waals surface area contributed by atoms with E-state index in [2.05, 4.69) is 20.5 Å². The first kappa shape index (κ1) is 18.9. The van der Waals surface area contributed by atoms with E-state index in [1.165, 1.54) is 37.3 Å². The van der Waals surface area contributed by atoms with Crippen molar-refractivity contribution < 1.29 is 9.59 Å². The van der Waals surface area contributed by atoms with Gasteiger partial charge in [-0.05, 0) is 63.4 Å². The molecule has 0 saturated carbocycles. The first-order valence-corrected chi connectivity index (χ1v) is 9.45. The van der Waals surface area contributed by atoms with Crippen molar-refractivity contribution in [2.45, 2.75) is 39.2 Å². The summed E-state index contributed by atoms with van der Waals surface area (Å²) < 4.78 is 0. The topological polar surface area (TPSA) is 74.3 Å². The van der Waals surface area contributed by atoms with Crippen molar-refractivity contribution in [3.63, 3.8) is 0 Å². The Labute approximate surface area is 160 Å². The molecular weight excluding hydrogens is 340 g/mol. The minimum absolute atomic E-state index is 0.0217. The quantitative estimate of drug-likeness (QED) is 0.850. The van der Waals surface area contributed by atoms with Crippen LogP contribution in [0.3, 0.4) is 0 Å². The number of anilines is 2. The zero-order valence-corrected chi connectivity index (χ0v) is 15.9. The molecule has 6 heteroatoms. The second-order valence-corrected chi connectivity index (χ2v) is 7.14. The number of amides is 2. The Hall–Kier alpha value is -2.89. The van der Waals surface area contributed by atoms with Crippen LogP contribution in [-0.2, 0) is 0 Å². The lowest BCUT2D eigenvalue weighted by molar-refractivity contribution is 0.0942. The monoisotopic (exact) mass is 366 g/mol. The lowest BCUT2D eigenvalue weighted by atomic mass is 10.1. The van der Waals surface area contributed by atoms with Crippen molar-refractivity contribution in [1.82, 2.24) is 10.3 Å². The molecule has 1 aliphatic rings. The van der Waals surface area contributed by atoms with Gasteiger partial charge in [0.1, 0.15) is 0 Å². The van der Waals surface area contributed by atoms with Crippen molar-refractivity contribution in [1.29, 1.82) is 0 Å². The average molecular weight is 366 g/mol. The van der Waals surface area contributed by atoms with E-state index in [-0.39, 0.29) is 17.9 Å². The van der Waals surface area contributed by atoms with E-state index in [9.17, 15) is 9.59 Å². The van der Waals surface area contributed by atoms with Gasteiger partial charge < -0.3 is 15.5 Å². The van der Waals surface area contributed by atoms with Crippen LogP contribution in [0.5, 0.6) is 0 Å². The molecule has 1 aliphatic heterocycles. The molecule has 0 spiro atoms. The van der Waals surface area contributed by atoms with Crippen LogP contribution in [0.4, 0.5) is 11.4 Å². The molecule has 27 heavy (non-hydrogen) atoms. The Bertz CT molecular complexity index is 796. The van der Waals surface area contributed by atoms with Crippen LogP contribution in [0.15, 0.2) is 42.7 Å². The summed E-state index contributed by atoms with van der Waals surface area (Å²) in [6.45, 7) is 5.94. The molecular formula is C21H26N4O2. The van der Waals surface area contributed by atoms with Gasteiger partial charge >= 0.3 is 0 Å². The summed E-state index contributed by atoms with van der Waals surface area (Å²) in [7, 11) is 0. The number of hydrogen-bond donors (Lipinski definition) is 2. The van der Waals surface area contributed by atoms with Gasteiger partial charge in [-0.25, -0.2) is 0 Å². The maximum atomic E-state index is 12.5. The molecule has 6 nitrogen and oxygen atoms in total. The minimum atomic E-state index is -0.285. The van der Waals surface area contributed by atoms with Gasteiger partial charge in [-0.2, -0.15) is 0 Å². The Morgan fingerprint density at radius 3 is 2.22 bits per heavy atom. The number of carbonyl (C=O) groups is 2. The highest BCUT2D eigenvalue weighted by Crippen LogP contribution is 2.22. The number of pyridine rings is 1. The lowest BCUT2D eigenvalue weighted by Gasteiger charge is -2.28. The molecule has 2 heterocycles. The van der Waals surface area contributed by atoms with Crippen LogP contribution >= 0.6 is 0 Å². The van der Waals surface area contributed by atoms with Gasteiger partial charge in [0.05, 0.1) is 11.1 Å². The molecule has 1 saturated heterocycles. The minimum Gasteiger partial charge on any atom is -0.372 e. The van der Waals surface area contributed by atoms with Gasteiger partial charge in [0.25, 0.3) is 11.8 Å². The fourth-order valence-corrected chi connectivity index (χ4v) is 3.14. The van der Waals surface area contributed by atoms with E-state index in [4.69, 9.17) is 0 Å². The summed E-state index contributed by atoms with van der Waals surface area (Å²) in [5.41, 5.74) is 2.63. The average Bonchev–Trinajstić information content (AvgIpc) is 2.69. The van der Waals surface area contributed by atoms with Crippen molar-refractivity contribution in [3.05, 3.63) is 53.9 Å². The number of piperidine rings is 1. The Morgan fingerprint density at radius 1 is 0.963 bits per heavy atom. The predicted octanol–water partition coefficient (Wildman–Crippen LogP) is 3.46. The molecule has 1 fully saturated rings. The summed E-state index contributed by atoms with van der Waals surface area (Å²) in [4.78, 5) is 31.0. The largest absolute Gasteiger partial charge is 0.372 e. The van der Waals surface area contributed by atoms with Gasteiger partial charge in [-0.1, -0.05) is 0 Å². The summed E-state index contributed by atoms with van der Waals surface area (Å²) >= 11 is 0. The number of nitrogens with one attached hydrogen (secondary N) is 2. The molecule has 0 bridgehead atoms. The van der Waals surface area contributed by atoms with E-state index in [0.717, 1.165) is 18.8 Å². The molecule has 2 amide bonds. The van der Waals surface area contributed by atoms with E-state index in [1.807, 2.05) is 38.1 Å². The molecule has 0 radical (unpaired) electrons. The molecule has 0 atom stereocenters. The molecule has 1 aromatic heterocycles. The predicted molar refractivity (Wildman–Crippen MR) is 107 cm³/mol. The van der Waals surface area contributed by atoms with Crippen LogP contribution < -0.4 is 15.5 Å². The van der Waals surface area contributed by atoms with Crippen molar-refractivity contribution in [2.24, 2.45) is 0 Å². The highest BCUT2D eigenvalue weighted by molar-refractivity contribution is 6.05. The molecule has 0 unspecified atom stereocenters. The second-order valence-electron chi connectivity index (χ2n) is 7.14. The smallest absolute Gasteiger partial charge is 0.257 e. The number of rotatable bonds is 5. The van der Waals surface area contributed by atoms with Gasteiger partial charge in [0, 0.05) is 42.9 Å². The standard InChI is InChI=1S/C21H26N4O2/c1-15(2)23-20(26)16-12-17(14-22-13-16)21(27)24-18-6-8-19(9-7-18)25-10-4-3-5-11-25/h6-9,12-15H,3-5,10-11H2,1-2H3,(H,23,26)(H,24,27).